The van der Waals surface area contributed by atoms with Crippen LogP contribution in [0.5, 0.6) is 0 Å². The Balaban J connectivity index is 2.20. The largest absolute Gasteiger partial charge is 0.300 e. The highest BCUT2D eigenvalue weighted by Crippen LogP contribution is 2.15. The van der Waals surface area contributed by atoms with Crippen molar-refractivity contribution in [2.75, 3.05) is 0 Å². The van der Waals surface area contributed by atoms with Crippen LogP contribution < -0.4 is 0 Å². The summed E-state index contributed by atoms with van der Waals surface area (Å²) in [5, 5.41) is 4.23. The third-order valence-electron chi connectivity index (χ3n) is 2.81. The topological polar surface area (TPSA) is 34.9 Å². The van der Waals surface area contributed by atoms with Gasteiger partial charge in [-0.15, -0.1) is 0 Å². The van der Waals surface area contributed by atoms with Gasteiger partial charge in [-0.1, -0.05) is 25.1 Å². The number of carbonyl (C=O) groups excluding carboxylic acids is 1. The van der Waals surface area contributed by atoms with Crippen LogP contribution in [-0.4, -0.2) is 15.6 Å². The molecule has 1 aromatic carbocycles. The van der Waals surface area contributed by atoms with Crippen molar-refractivity contribution < 1.29 is 4.79 Å². The van der Waals surface area contributed by atoms with Crippen LogP contribution in [0.1, 0.15) is 25.3 Å². The number of aryl methyl sites for hydroxylation is 1. The van der Waals surface area contributed by atoms with E-state index in [9.17, 15) is 4.79 Å². The molecule has 0 spiro atoms. The number of rotatable bonds is 5. The van der Waals surface area contributed by atoms with Gasteiger partial charge in [-0.3, -0.25) is 4.79 Å². The van der Waals surface area contributed by atoms with Crippen LogP contribution >= 0.6 is 0 Å². The second-order valence-electron chi connectivity index (χ2n) is 3.97. The third kappa shape index (κ3) is 2.81. The van der Waals surface area contributed by atoms with Gasteiger partial charge < -0.3 is 0 Å². The summed E-state index contributed by atoms with van der Waals surface area (Å²) >= 11 is 0. The van der Waals surface area contributed by atoms with Gasteiger partial charge in [0.1, 0.15) is 5.78 Å². The molecule has 0 aliphatic rings. The molecule has 0 saturated heterocycles. The van der Waals surface area contributed by atoms with E-state index in [2.05, 4.69) is 11.2 Å². The fourth-order valence-corrected chi connectivity index (χ4v) is 1.81. The van der Waals surface area contributed by atoms with Gasteiger partial charge in [0.2, 0.25) is 0 Å². The van der Waals surface area contributed by atoms with Gasteiger partial charge in [-0.25, -0.2) is 4.68 Å². The number of carbonyl (C=O) groups is 1. The summed E-state index contributed by atoms with van der Waals surface area (Å²) in [6, 6.07) is 9.97. The Hall–Kier alpha value is -1.90. The van der Waals surface area contributed by atoms with Gasteiger partial charge in [0.25, 0.3) is 0 Å². The lowest BCUT2D eigenvalue weighted by Gasteiger charge is -2.08. The van der Waals surface area contributed by atoms with Crippen molar-refractivity contribution in [3.8, 4) is 5.69 Å². The fraction of sp³-hybridized carbons (Fsp3) is 0.286. The SMILES string of the molecule is CCC(=O)CCc1ccccc1-n1cccn1. The summed E-state index contributed by atoms with van der Waals surface area (Å²) < 4.78 is 1.84. The monoisotopic (exact) mass is 228 g/mol. The second-order valence-corrected chi connectivity index (χ2v) is 3.97. The molecule has 1 heterocycles. The van der Waals surface area contributed by atoms with Crippen molar-refractivity contribution in [3.63, 3.8) is 0 Å². The highest BCUT2D eigenvalue weighted by molar-refractivity contribution is 5.78. The van der Waals surface area contributed by atoms with E-state index in [0.717, 1.165) is 17.7 Å². The molecule has 2 rings (SSSR count). The van der Waals surface area contributed by atoms with Crippen molar-refractivity contribution in [2.24, 2.45) is 0 Å². The predicted molar refractivity (Wildman–Crippen MR) is 67.2 cm³/mol. The normalized spacial score (nSPS) is 10.4. The van der Waals surface area contributed by atoms with Crippen molar-refractivity contribution in [3.05, 3.63) is 48.3 Å². The van der Waals surface area contributed by atoms with Crippen LogP contribution in [-0.2, 0) is 11.2 Å². The zero-order valence-electron chi connectivity index (χ0n) is 9.97. The smallest absolute Gasteiger partial charge is 0.132 e. The Kier molecular flexibility index (Phi) is 3.70. The lowest BCUT2D eigenvalue weighted by molar-refractivity contribution is -0.118. The molecule has 2 aromatic rings. The number of para-hydroxylation sites is 1. The third-order valence-corrected chi connectivity index (χ3v) is 2.81. The predicted octanol–water partition coefficient (Wildman–Crippen LogP) is 2.78. The Labute approximate surface area is 101 Å². The summed E-state index contributed by atoms with van der Waals surface area (Å²) in [5.41, 5.74) is 2.22. The molecule has 0 aliphatic heterocycles. The zero-order chi connectivity index (χ0) is 12.1. The minimum atomic E-state index is 0.306. The van der Waals surface area contributed by atoms with Crippen LogP contribution in [0, 0.1) is 0 Å². The molecule has 0 radical (unpaired) electrons. The quantitative estimate of drug-likeness (QED) is 0.788. The number of hydrogen-bond acceptors (Lipinski definition) is 2. The van der Waals surface area contributed by atoms with E-state index >= 15 is 0 Å². The average molecular weight is 228 g/mol. The summed E-state index contributed by atoms with van der Waals surface area (Å²) in [4.78, 5) is 11.4. The van der Waals surface area contributed by atoms with E-state index in [1.165, 1.54) is 0 Å². The van der Waals surface area contributed by atoms with Crippen LogP contribution in [0.2, 0.25) is 0 Å². The van der Waals surface area contributed by atoms with Gasteiger partial charge in [0, 0.05) is 25.2 Å². The summed E-state index contributed by atoms with van der Waals surface area (Å²) in [6.45, 7) is 1.90. The van der Waals surface area contributed by atoms with Gasteiger partial charge in [0.05, 0.1) is 5.69 Å². The van der Waals surface area contributed by atoms with Crippen LogP contribution in [0.3, 0.4) is 0 Å². The number of aromatic nitrogens is 2. The Bertz CT molecular complexity index is 489. The Morgan fingerprint density at radius 2 is 2.12 bits per heavy atom. The van der Waals surface area contributed by atoms with Crippen molar-refractivity contribution in [1.82, 2.24) is 9.78 Å². The molecular weight excluding hydrogens is 212 g/mol. The van der Waals surface area contributed by atoms with E-state index in [4.69, 9.17) is 0 Å². The molecule has 0 unspecified atom stereocenters. The highest BCUT2D eigenvalue weighted by atomic mass is 16.1. The number of hydrogen-bond donors (Lipinski definition) is 0. The zero-order valence-corrected chi connectivity index (χ0v) is 9.97. The number of Topliss-reactive ketones (excluding diaryl/α,β-unsaturated/α-hetero) is 1. The van der Waals surface area contributed by atoms with Gasteiger partial charge in [-0.05, 0) is 24.1 Å². The molecule has 1 aromatic heterocycles. The standard InChI is InChI=1S/C14H16N2O/c1-2-13(17)9-8-12-6-3-4-7-14(12)16-11-5-10-15-16/h3-7,10-11H,2,8-9H2,1H3. The lowest BCUT2D eigenvalue weighted by atomic mass is 10.0. The maximum atomic E-state index is 11.4. The number of benzene rings is 1. The molecule has 3 nitrogen and oxygen atoms in total. The first kappa shape index (κ1) is 11.6. The molecule has 0 bridgehead atoms. The molecule has 0 N–H and O–H groups in total. The molecule has 17 heavy (non-hydrogen) atoms. The van der Waals surface area contributed by atoms with E-state index < -0.39 is 0 Å². The van der Waals surface area contributed by atoms with Crippen molar-refractivity contribution in [2.45, 2.75) is 26.2 Å². The first-order chi connectivity index (χ1) is 8.31. The summed E-state index contributed by atoms with van der Waals surface area (Å²) in [5.74, 6) is 0.306. The fourth-order valence-electron chi connectivity index (χ4n) is 1.81. The molecule has 0 aliphatic carbocycles. The summed E-state index contributed by atoms with van der Waals surface area (Å²) in [6.07, 6.45) is 5.68. The van der Waals surface area contributed by atoms with Crippen LogP contribution in [0.15, 0.2) is 42.7 Å². The minimum absolute atomic E-state index is 0.306. The minimum Gasteiger partial charge on any atom is -0.300 e. The van der Waals surface area contributed by atoms with Gasteiger partial charge >= 0.3 is 0 Å². The number of nitrogens with zero attached hydrogens (tertiary/aromatic N) is 2. The second kappa shape index (κ2) is 5.43. The first-order valence-corrected chi connectivity index (χ1v) is 5.91. The maximum Gasteiger partial charge on any atom is 0.132 e. The molecular formula is C14H16N2O. The molecule has 0 saturated carbocycles. The van der Waals surface area contributed by atoms with Gasteiger partial charge in [-0.2, -0.15) is 5.10 Å². The van der Waals surface area contributed by atoms with E-state index in [0.29, 0.717) is 18.6 Å². The summed E-state index contributed by atoms with van der Waals surface area (Å²) in [7, 11) is 0. The molecule has 88 valence electrons. The molecule has 0 fully saturated rings. The molecule has 0 amide bonds. The van der Waals surface area contributed by atoms with E-state index in [1.807, 2.05) is 42.1 Å². The molecule has 3 heteroatoms. The van der Waals surface area contributed by atoms with E-state index in [-0.39, 0.29) is 0 Å². The molecule has 0 atom stereocenters. The Morgan fingerprint density at radius 1 is 1.29 bits per heavy atom. The highest BCUT2D eigenvalue weighted by Gasteiger charge is 2.06. The van der Waals surface area contributed by atoms with Crippen molar-refractivity contribution in [1.29, 1.82) is 0 Å². The Morgan fingerprint density at radius 3 is 2.82 bits per heavy atom. The number of ketones is 1. The van der Waals surface area contributed by atoms with Gasteiger partial charge in [0.15, 0.2) is 0 Å². The lowest BCUT2D eigenvalue weighted by Crippen LogP contribution is -2.03. The van der Waals surface area contributed by atoms with E-state index in [1.54, 1.807) is 6.20 Å². The average Bonchev–Trinajstić information content (AvgIpc) is 2.90. The van der Waals surface area contributed by atoms with Crippen molar-refractivity contribution >= 4 is 5.78 Å². The van der Waals surface area contributed by atoms with Crippen LogP contribution in [0.4, 0.5) is 0 Å². The van der Waals surface area contributed by atoms with Crippen LogP contribution in [0.25, 0.3) is 5.69 Å². The first-order valence-electron chi connectivity index (χ1n) is 5.91. The maximum absolute atomic E-state index is 11.4.